The number of nitrogens with two attached hydrogens (primary N) is 1. The monoisotopic (exact) mass is 237 g/mol. The number of pyridine rings is 1. The maximum absolute atomic E-state index is 12.6. The number of rotatable bonds is 2. The topological polar surface area (TPSA) is 68.0 Å². The Labute approximate surface area is 99.4 Å². The van der Waals surface area contributed by atoms with Crippen LogP contribution in [0.5, 0.6) is 0 Å². The Morgan fingerprint density at radius 2 is 2.18 bits per heavy atom. The number of anilines is 1. The van der Waals surface area contributed by atoms with E-state index in [0.717, 1.165) is 31.9 Å². The van der Waals surface area contributed by atoms with E-state index in [1.54, 1.807) is 0 Å². The number of carbonyl (C=O) groups excluding carboxylic acids is 1. The lowest BCUT2D eigenvalue weighted by molar-refractivity contribution is -0.121. The fourth-order valence-electron chi connectivity index (χ4n) is 2.15. The number of nitrogens with zero attached hydrogens (tertiary/aromatic N) is 1. The number of aromatic nitrogens is 1. The highest BCUT2D eigenvalue weighted by atomic mass is 19.1. The molecule has 92 valence electrons. The van der Waals surface area contributed by atoms with Gasteiger partial charge in [-0.2, -0.15) is 0 Å². The molecule has 1 fully saturated rings. The van der Waals surface area contributed by atoms with E-state index in [-0.39, 0.29) is 17.9 Å². The van der Waals surface area contributed by atoms with Gasteiger partial charge in [-0.05, 0) is 25.0 Å². The molecule has 1 heterocycles. The SMILES string of the molecule is NC1CCCCC1C(=O)Nc1ccc(F)cn1. The Kier molecular flexibility index (Phi) is 3.68. The van der Waals surface area contributed by atoms with E-state index in [2.05, 4.69) is 10.3 Å². The van der Waals surface area contributed by atoms with Gasteiger partial charge in [0.2, 0.25) is 5.91 Å². The highest BCUT2D eigenvalue weighted by Crippen LogP contribution is 2.24. The molecule has 0 spiro atoms. The molecule has 2 rings (SSSR count). The largest absolute Gasteiger partial charge is 0.327 e. The summed E-state index contributed by atoms with van der Waals surface area (Å²) in [6.45, 7) is 0. The van der Waals surface area contributed by atoms with Crippen LogP contribution in [0, 0.1) is 11.7 Å². The molecule has 1 aromatic rings. The van der Waals surface area contributed by atoms with Crippen molar-refractivity contribution in [3.8, 4) is 0 Å². The molecule has 1 aliphatic rings. The number of amides is 1. The van der Waals surface area contributed by atoms with Crippen molar-refractivity contribution in [2.24, 2.45) is 11.7 Å². The van der Waals surface area contributed by atoms with Gasteiger partial charge in [-0.15, -0.1) is 0 Å². The molecule has 1 saturated carbocycles. The van der Waals surface area contributed by atoms with Crippen LogP contribution in [0.25, 0.3) is 0 Å². The Morgan fingerprint density at radius 3 is 2.82 bits per heavy atom. The zero-order valence-corrected chi connectivity index (χ0v) is 9.53. The van der Waals surface area contributed by atoms with Gasteiger partial charge in [0.15, 0.2) is 0 Å². The van der Waals surface area contributed by atoms with Gasteiger partial charge < -0.3 is 11.1 Å². The number of hydrogen-bond donors (Lipinski definition) is 2. The first-order chi connectivity index (χ1) is 8.16. The van der Waals surface area contributed by atoms with Gasteiger partial charge in [0.05, 0.1) is 12.1 Å². The van der Waals surface area contributed by atoms with Gasteiger partial charge in [0, 0.05) is 6.04 Å². The molecule has 4 nitrogen and oxygen atoms in total. The van der Waals surface area contributed by atoms with Crippen LogP contribution >= 0.6 is 0 Å². The van der Waals surface area contributed by atoms with Gasteiger partial charge >= 0.3 is 0 Å². The van der Waals surface area contributed by atoms with Gasteiger partial charge in [-0.1, -0.05) is 12.8 Å². The zero-order chi connectivity index (χ0) is 12.3. The van der Waals surface area contributed by atoms with Crippen molar-refractivity contribution in [3.63, 3.8) is 0 Å². The van der Waals surface area contributed by atoms with Crippen LogP contribution in [0.2, 0.25) is 0 Å². The average Bonchev–Trinajstić information content (AvgIpc) is 2.32. The highest BCUT2D eigenvalue weighted by Gasteiger charge is 2.28. The summed E-state index contributed by atoms with van der Waals surface area (Å²) in [4.78, 5) is 15.7. The fourth-order valence-corrected chi connectivity index (χ4v) is 2.15. The standard InChI is InChI=1S/C12H16FN3O/c13-8-5-6-11(15-7-8)16-12(17)9-3-1-2-4-10(9)14/h5-7,9-10H,1-4,14H2,(H,15,16,17). The van der Waals surface area contributed by atoms with Crippen LogP contribution in [0.4, 0.5) is 10.2 Å². The van der Waals surface area contributed by atoms with Crippen molar-refractivity contribution < 1.29 is 9.18 Å². The molecule has 1 aliphatic carbocycles. The summed E-state index contributed by atoms with van der Waals surface area (Å²) in [7, 11) is 0. The molecule has 17 heavy (non-hydrogen) atoms. The minimum atomic E-state index is -0.419. The summed E-state index contributed by atoms with van der Waals surface area (Å²) in [6, 6.07) is 2.63. The Bertz CT molecular complexity index is 393. The van der Waals surface area contributed by atoms with Crippen LogP contribution in [-0.4, -0.2) is 16.9 Å². The smallest absolute Gasteiger partial charge is 0.230 e. The molecule has 0 aromatic carbocycles. The summed E-state index contributed by atoms with van der Waals surface area (Å²) >= 11 is 0. The number of nitrogens with one attached hydrogen (secondary N) is 1. The predicted molar refractivity (Wildman–Crippen MR) is 62.8 cm³/mol. The van der Waals surface area contributed by atoms with Gasteiger partial charge in [-0.25, -0.2) is 9.37 Å². The molecule has 5 heteroatoms. The highest BCUT2D eigenvalue weighted by molar-refractivity contribution is 5.92. The van der Waals surface area contributed by atoms with Crippen LogP contribution in [0.3, 0.4) is 0 Å². The third-order valence-corrected chi connectivity index (χ3v) is 3.13. The second-order valence-electron chi connectivity index (χ2n) is 4.41. The summed E-state index contributed by atoms with van der Waals surface area (Å²) in [6.07, 6.45) is 4.89. The van der Waals surface area contributed by atoms with E-state index in [9.17, 15) is 9.18 Å². The van der Waals surface area contributed by atoms with E-state index < -0.39 is 5.82 Å². The molecule has 2 atom stereocenters. The lowest BCUT2D eigenvalue weighted by atomic mass is 9.84. The van der Waals surface area contributed by atoms with Gasteiger partial charge in [-0.3, -0.25) is 4.79 Å². The number of halogens is 1. The summed E-state index contributed by atoms with van der Waals surface area (Å²) < 4.78 is 12.6. The van der Waals surface area contributed by atoms with Crippen LogP contribution in [-0.2, 0) is 4.79 Å². The average molecular weight is 237 g/mol. The zero-order valence-electron chi connectivity index (χ0n) is 9.53. The first-order valence-corrected chi connectivity index (χ1v) is 5.85. The van der Waals surface area contributed by atoms with Crippen molar-refractivity contribution in [1.82, 2.24) is 4.98 Å². The maximum Gasteiger partial charge on any atom is 0.230 e. The molecular weight excluding hydrogens is 221 g/mol. The molecule has 0 bridgehead atoms. The minimum Gasteiger partial charge on any atom is -0.327 e. The minimum absolute atomic E-state index is 0.0794. The number of hydrogen-bond acceptors (Lipinski definition) is 3. The molecular formula is C12H16FN3O. The molecule has 0 saturated heterocycles. The van der Waals surface area contributed by atoms with E-state index in [4.69, 9.17) is 5.73 Å². The third kappa shape index (κ3) is 3.00. The summed E-state index contributed by atoms with van der Waals surface area (Å²) in [5.41, 5.74) is 5.92. The molecule has 2 unspecified atom stereocenters. The van der Waals surface area contributed by atoms with Crippen LogP contribution in [0.15, 0.2) is 18.3 Å². The first kappa shape index (κ1) is 12.0. The first-order valence-electron chi connectivity index (χ1n) is 5.85. The molecule has 1 aromatic heterocycles. The van der Waals surface area contributed by atoms with E-state index in [1.165, 1.54) is 12.1 Å². The van der Waals surface area contributed by atoms with Gasteiger partial charge in [0.1, 0.15) is 11.6 Å². The Balaban J connectivity index is 1.98. The van der Waals surface area contributed by atoms with Gasteiger partial charge in [0.25, 0.3) is 0 Å². The van der Waals surface area contributed by atoms with E-state index in [0.29, 0.717) is 5.82 Å². The lowest BCUT2D eigenvalue weighted by Gasteiger charge is -2.27. The van der Waals surface area contributed by atoms with Crippen molar-refractivity contribution in [2.45, 2.75) is 31.7 Å². The maximum atomic E-state index is 12.6. The van der Waals surface area contributed by atoms with E-state index in [1.807, 2.05) is 0 Å². The van der Waals surface area contributed by atoms with Crippen molar-refractivity contribution in [2.75, 3.05) is 5.32 Å². The molecule has 0 aliphatic heterocycles. The quantitative estimate of drug-likeness (QED) is 0.822. The summed E-state index contributed by atoms with van der Waals surface area (Å²) in [5.74, 6) is -0.321. The van der Waals surface area contributed by atoms with Crippen LogP contribution < -0.4 is 11.1 Å². The third-order valence-electron chi connectivity index (χ3n) is 3.13. The van der Waals surface area contributed by atoms with Crippen molar-refractivity contribution >= 4 is 11.7 Å². The summed E-state index contributed by atoms with van der Waals surface area (Å²) in [5, 5.41) is 2.67. The van der Waals surface area contributed by atoms with Crippen LogP contribution in [0.1, 0.15) is 25.7 Å². The Morgan fingerprint density at radius 1 is 1.41 bits per heavy atom. The molecule has 3 N–H and O–H groups in total. The fraction of sp³-hybridized carbons (Fsp3) is 0.500. The number of carbonyl (C=O) groups is 1. The molecule has 1 amide bonds. The normalized spacial score (nSPS) is 24.4. The Hall–Kier alpha value is -1.49. The predicted octanol–water partition coefficient (Wildman–Crippen LogP) is 1.68. The second kappa shape index (κ2) is 5.23. The van der Waals surface area contributed by atoms with Crippen molar-refractivity contribution in [1.29, 1.82) is 0 Å². The molecule has 0 radical (unpaired) electrons. The lowest BCUT2D eigenvalue weighted by Crippen LogP contribution is -2.40. The van der Waals surface area contributed by atoms with Crippen molar-refractivity contribution in [3.05, 3.63) is 24.1 Å². The van der Waals surface area contributed by atoms with E-state index >= 15 is 0 Å². The second-order valence-corrected chi connectivity index (χ2v) is 4.41.